The second-order valence-corrected chi connectivity index (χ2v) is 8.44. The zero-order valence-electron chi connectivity index (χ0n) is 18.3. The SMILES string of the molecule is O=C(O)c1ccnc(NC2CCC(Oc3cc(N4CCOCC4)cc4nccnc34)CC2)c1. The molecule has 3 aromatic rings. The van der Waals surface area contributed by atoms with Crippen LogP contribution in [0.5, 0.6) is 5.75 Å². The largest absolute Gasteiger partial charge is 0.488 e. The molecule has 33 heavy (non-hydrogen) atoms. The second-order valence-electron chi connectivity index (χ2n) is 8.44. The molecule has 9 heteroatoms. The Morgan fingerprint density at radius 2 is 1.82 bits per heavy atom. The van der Waals surface area contributed by atoms with E-state index in [0.29, 0.717) is 5.82 Å². The van der Waals surface area contributed by atoms with Crippen LogP contribution in [0, 0.1) is 0 Å². The Bertz CT molecular complexity index is 1130. The molecule has 172 valence electrons. The Morgan fingerprint density at radius 3 is 2.61 bits per heavy atom. The van der Waals surface area contributed by atoms with Crippen LogP contribution in [-0.2, 0) is 4.74 Å². The first-order valence-corrected chi connectivity index (χ1v) is 11.4. The standard InChI is InChI=1S/C24H27N5O4/c30-24(31)16-5-6-26-22(13-16)28-17-1-3-19(4-2-17)33-21-15-18(29-9-11-32-12-10-29)14-20-23(21)27-8-7-25-20/h5-8,13-15,17,19H,1-4,9-12H2,(H,26,28)(H,30,31). The maximum Gasteiger partial charge on any atom is 0.335 e. The van der Waals surface area contributed by atoms with Gasteiger partial charge < -0.3 is 24.8 Å². The first-order valence-electron chi connectivity index (χ1n) is 11.4. The number of hydrogen-bond donors (Lipinski definition) is 2. The molecule has 0 radical (unpaired) electrons. The topological polar surface area (TPSA) is 110 Å². The highest BCUT2D eigenvalue weighted by Gasteiger charge is 2.24. The number of morpholine rings is 1. The van der Waals surface area contributed by atoms with Crippen LogP contribution in [0.1, 0.15) is 36.0 Å². The number of benzene rings is 1. The highest BCUT2D eigenvalue weighted by Crippen LogP contribution is 2.33. The summed E-state index contributed by atoms with van der Waals surface area (Å²) in [7, 11) is 0. The number of nitrogens with zero attached hydrogens (tertiary/aromatic N) is 4. The van der Waals surface area contributed by atoms with Crippen LogP contribution in [0.4, 0.5) is 11.5 Å². The summed E-state index contributed by atoms with van der Waals surface area (Å²) in [5.41, 5.74) is 2.93. The lowest BCUT2D eigenvalue weighted by atomic mass is 9.93. The summed E-state index contributed by atoms with van der Waals surface area (Å²) in [5, 5.41) is 12.5. The lowest BCUT2D eigenvalue weighted by Gasteiger charge is -2.31. The van der Waals surface area contributed by atoms with Crippen molar-refractivity contribution in [1.82, 2.24) is 15.0 Å². The predicted octanol–water partition coefficient (Wildman–Crippen LogP) is 3.36. The molecular weight excluding hydrogens is 422 g/mol. The molecule has 0 spiro atoms. The molecule has 0 atom stereocenters. The van der Waals surface area contributed by atoms with Gasteiger partial charge in [-0.2, -0.15) is 0 Å². The van der Waals surface area contributed by atoms with Gasteiger partial charge in [0.2, 0.25) is 0 Å². The Balaban J connectivity index is 1.26. The molecule has 1 saturated carbocycles. The van der Waals surface area contributed by atoms with E-state index in [1.807, 2.05) is 0 Å². The molecule has 5 rings (SSSR count). The van der Waals surface area contributed by atoms with Crippen molar-refractivity contribution in [3.8, 4) is 5.75 Å². The number of aromatic nitrogens is 3. The van der Waals surface area contributed by atoms with Crippen molar-refractivity contribution in [3.05, 3.63) is 48.4 Å². The molecule has 1 saturated heterocycles. The molecule has 2 N–H and O–H groups in total. The lowest BCUT2D eigenvalue weighted by molar-refractivity contribution is 0.0696. The van der Waals surface area contributed by atoms with Crippen molar-refractivity contribution in [3.63, 3.8) is 0 Å². The van der Waals surface area contributed by atoms with Crippen LogP contribution in [0.3, 0.4) is 0 Å². The molecule has 2 fully saturated rings. The Hall–Kier alpha value is -3.46. The van der Waals surface area contributed by atoms with Gasteiger partial charge >= 0.3 is 5.97 Å². The Kier molecular flexibility index (Phi) is 6.21. The molecule has 0 amide bonds. The van der Waals surface area contributed by atoms with Crippen LogP contribution >= 0.6 is 0 Å². The van der Waals surface area contributed by atoms with Gasteiger partial charge in [0.1, 0.15) is 17.1 Å². The third-order valence-corrected chi connectivity index (χ3v) is 6.23. The van der Waals surface area contributed by atoms with Crippen LogP contribution in [0.25, 0.3) is 11.0 Å². The highest BCUT2D eigenvalue weighted by molar-refractivity contribution is 5.88. The minimum atomic E-state index is -0.952. The maximum absolute atomic E-state index is 11.2. The summed E-state index contributed by atoms with van der Waals surface area (Å²) < 4.78 is 12.0. The highest BCUT2D eigenvalue weighted by atomic mass is 16.5. The number of aromatic carboxylic acids is 1. The van der Waals surface area contributed by atoms with Gasteiger partial charge in [0, 0.05) is 49.5 Å². The van der Waals surface area contributed by atoms with E-state index in [2.05, 4.69) is 37.3 Å². The quantitative estimate of drug-likeness (QED) is 0.585. The van der Waals surface area contributed by atoms with Gasteiger partial charge in [-0.25, -0.2) is 14.8 Å². The van der Waals surface area contributed by atoms with E-state index >= 15 is 0 Å². The molecule has 3 heterocycles. The van der Waals surface area contributed by atoms with Crippen LogP contribution < -0.4 is 15.0 Å². The van der Waals surface area contributed by atoms with E-state index < -0.39 is 5.97 Å². The van der Waals surface area contributed by atoms with Crippen molar-refractivity contribution in [2.24, 2.45) is 0 Å². The van der Waals surface area contributed by atoms with E-state index in [0.717, 1.165) is 74.5 Å². The van der Waals surface area contributed by atoms with Crippen molar-refractivity contribution in [1.29, 1.82) is 0 Å². The monoisotopic (exact) mass is 449 g/mol. The van der Waals surface area contributed by atoms with Crippen molar-refractivity contribution >= 4 is 28.5 Å². The number of anilines is 2. The summed E-state index contributed by atoms with van der Waals surface area (Å²) in [6.45, 7) is 3.13. The third kappa shape index (κ3) is 4.98. The number of hydrogen-bond acceptors (Lipinski definition) is 8. The second kappa shape index (κ2) is 9.58. The van der Waals surface area contributed by atoms with E-state index in [-0.39, 0.29) is 17.7 Å². The molecule has 1 aliphatic carbocycles. The van der Waals surface area contributed by atoms with Gasteiger partial charge in [0.15, 0.2) is 0 Å². The number of carbonyl (C=O) groups is 1. The summed E-state index contributed by atoms with van der Waals surface area (Å²) in [6.07, 6.45) is 8.62. The third-order valence-electron chi connectivity index (χ3n) is 6.23. The molecule has 9 nitrogen and oxygen atoms in total. The lowest BCUT2D eigenvalue weighted by Crippen LogP contribution is -2.36. The fraction of sp³-hybridized carbons (Fsp3) is 0.417. The smallest absolute Gasteiger partial charge is 0.335 e. The molecular formula is C24H27N5O4. The number of nitrogens with one attached hydrogen (secondary N) is 1. The number of carboxylic acids is 1. The number of rotatable bonds is 6. The molecule has 2 aromatic heterocycles. The van der Waals surface area contributed by atoms with Gasteiger partial charge in [-0.05, 0) is 43.9 Å². The average Bonchev–Trinajstić information content (AvgIpc) is 2.86. The minimum absolute atomic E-state index is 0.0894. The van der Waals surface area contributed by atoms with E-state index in [1.165, 1.54) is 12.3 Å². The zero-order valence-corrected chi connectivity index (χ0v) is 18.3. The molecule has 2 aliphatic rings. The van der Waals surface area contributed by atoms with Crippen molar-refractivity contribution < 1.29 is 19.4 Å². The fourth-order valence-electron chi connectivity index (χ4n) is 4.48. The van der Waals surface area contributed by atoms with Gasteiger partial charge in [0.25, 0.3) is 0 Å². The number of carboxylic acid groups (broad SMARTS) is 1. The Labute approximate surface area is 191 Å². The summed E-state index contributed by atoms with van der Waals surface area (Å²) in [5.74, 6) is 0.417. The predicted molar refractivity (Wildman–Crippen MR) is 124 cm³/mol. The first-order chi connectivity index (χ1) is 16.2. The minimum Gasteiger partial charge on any atom is -0.488 e. The van der Waals surface area contributed by atoms with E-state index in [9.17, 15) is 9.90 Å². The Morgan fingerprint density at radius 1 is 1.03 bits per heavy atom. The van der Waals surface area contributed by atoms with Crippen LogP contribution in [-0.4, -0.2) is 64.5 Å². The van der Waals surface area contributed by atoms with Crippen molar-refractivity contribution in [2.45, 2.75) is 37.8 Å². The summed E-state index contributed by atoms with van der Waals surface area (Å²) >= 11 is 0. The van der Waals surface area contributed by atoms with Gasteiger partial charge in [-0.3, -0.25) is 4.98 Å². The van der Waals surface area contributed by atoms with Gasteiger partial charge in [0.05, 0.1) is 30.4 Å². The summed E-state index contributed by atoms with van der Waals surface area (Å²) in [4.78, 5) is 26.8. The van der Waals surface area contributed by atoms with Gasteiger partial charge in [-0.1, -0.05) is 0 Å². The van der Waals surface area contributed by atoms with E-state index in [4.69, 9.17) is 9.47 Å². The van der Waals surface area contributed by atoms with Crippen LogP contribution in [0.2, 0.25) is 0 Å². The normalized spacial score (nSPS) is 21.0. The molecule has 0 unspecified atom stereocenters. The van der Waals surface area contributed by atoms with Crippen molar-refractivity contribution in [2.75, 3.05) is 36.5 Å². The maximum atomic E-state index is 11.2. The van der Waals surface area contributed by atoms with Crippen LogP contribution in [0.15, 0.2) is 42.9 Å². The zero-order chi connectivity index (χ0) is 22.6. The summed E-state index contributed by atoms with van der Waals surface area (Å²) in [6, 6.07) is 7.45. The number of pyridine rings is 1. The number of ether oxygens (including phenoxy) is 2. The average molecular weight is 450 g/mol. The number of fused-ring (bicyclic) bond motifs is 1. The molecule has 1 aliphatic heterocycles. The fourth-order valence-corrected chi connectivity index (χ4v) is 4.48. The molecule has 0 bridgehead atoms. The molecule has 1 aromatic carbocycles. The van der Waals surface area contributed by atoms with E-state index in [1.54, 1.807) is 18.5 Å². The first kappa shape index (κ1) is 21.4. The van der Waals surface area contributed by atoms with Gasteiger partial charge in [-0.15, -0.1) is 0 Å².